The summed E-state index contributed by atoms with van der Waals surface area (Å²) < 4.78 is 73.0. The zero-order valence-electron chi connectivity index (χ0n) is 20.9. The molecule has 4 N–H and O–H groups in total. The van der Waals surface area contributed by atoms with Crippen LogP contribution in [0.4, 0.5) is 19.0 Å². The number of carboxylic acids is 1. The molecule has 1 aliphatic heterocycles. The van der Waals surface area contributed by atoms with Crippen molar-refractivity contribution in [3.63, 3.8) is 0 Å². The maximum absolute atomic E-state index is 14.7. The lowest BCUT2D eigenvalue weighted by molar-refractivity contribution is 0.0695. The van der Waals surface area contributed by atoms with Crippen molar-refractivity contribution in [2.75, 3.05) is 18.0 Å². The average molecular weight is 577 g/mol. The predicted octanol–water partition coefficient (Wildman–Crippen LogP) is 3.28. The van der Waals surface area contributed by atoms with Gasteiger partial charge in [-0.05, 0) is 43.7 Å². The highest BCUT2D eigenvalue weighted by molar-refractivity contribution is 7.85. The second kappa shape index (κ2) is 11.1. The van der Waals surface area contributed by atoms with Crippen molar-refractivity contribution in [1.29, 1.82) is 0 Å². The predicted molar refractivity (Wildman–Crippen MR) is 140 cm³/mol. The number of anilines is 1. The zero-order chi connectivity index (χ0) is 29.4. The number of aromatic carboxylic acids is 1. The number of aromatic nitrogens is 2. The van der Waals surface area contributed by atoms with Crippen molar-refractivity contribution in [2.24, 2.45) is 5.73 Å². The Bertz CT molecular complexity index is 1780. The number of hydrogen-bond acceptors (Lipinski definition) is 7. The van der Waals surface area contributed by atoms with Gasteiger partial charge in [-0.25, -0.2) is 22.9 Å². The summed E-state index contributed by atoms with van der Waals surface area (Å²) in [5.41, 5.74) is 4.78. The van der Waals surface area contributed by atoms with E-state index in [2.05, 4.69) is 4.98 Å². The summed E-state index contributed by atoms with van der Waals surface area (Å²) in [4.78, 5) is 29.8. The lowest BCUT2D eigenvalue weighted by Crippen LogP contribution is -2.28. The number of hydrogen-bond donors (Lipinski definition) is 3. The molecule has 1 atom stereocenters. The standard InChI is InChI=1S/C19H15F3N4O3.C7H8O3S/c20-9-1-2-15(13(21)5-9)26-8-12(19(28)29)16(27)11-6-14(22)18(24-17(11)26)25-4-3-10(23)7-25;1-6-2-4-7(5-3-6)11(8,9)10/h1-2,5-6,8,10H,3-4,7,23H2,(H,28,29);2-5H,1H3,(H,8,9,10)/t10-;/m1./s1. The van der Waals surface area contributed by atoms with Crippen molar-refractivity contribution in [2.45, 2.75) is 24.3 Å². The van der Waals surface area contributed by atoms with Crippen LogP contribution in [-0.2, 0) is 10.1 Å². The summed E-state index contributed by atoms with van der Waals surface area (Å²) in [5, 5.41) is 9.00. The molecule has 10 nitrogen and oxygen atoms in total. The van der Waals surface area contributed by atoms with E-state index >= 15 is 0 Å². The third kappa shape index (κ3) is 5.98. The molecule has 210 valence electrons. The Balaban J connectivity index is 0.000000283. The molecule has 1 fully saturated rings. The van der Waals surface area contributed by atoms with E-state index in [0.29, 0.717) is 25.6 Å². The minimum absolute atomic E-state index is 0.0666. The highest BCUT2D eigenvalue weighted by Crippen LogP contribution is 2.26. The second-order valence-electron chi connectivity index (χ2n) is 9.09. The van der Waals surface area contributed by atoms with Gasteiger partial charge in [0.2, 0.25) is 5.43 Å². The third-order valence-electron chi connectivity index (χ3n) is 6.16. The number of carbonyl (C=O) groups is 1. The molecule has 2 aromatic carbocycles. The van der Waals surface area contributed by atoms with Crippen molar-refractivity contribution in [1.82, 2.24) is 9.55 Å². The van der Waals surface area contributed by atoms with Gasteiger partial charge in [0.1, 0.15) is 17.2 Å². The SMILES string of the molecule is Cc1ccc(S(=O)(=O)O)cc1.N[C@@H]1CCN(c2nc3c(cc2F)c(=O)c(C(=O)O)cn3-c2ccc(F)cc2F)C1. The monoisotopic (exact) mass is 576 g/mol. The molecular weight excluding hydrogens is 553 g/mol. The van der Waals surface area contributed by atoms with E-state index in [1.165, 1.54) is 12.1 Å². The first kappa shape index (κ1) is 28.7. The first-order valence-electron chi connectivity index (χ1n) is 11.8. The summed E-state index contributed by atoms with van der Waals surface area (Å²) in [6, 6.07) is 9.38. The summed E-state index contributed by atoms with van der Waals surface area (Å²) >= 11 is 0. The Morgan fingerprint density at radius 2 is 1.75 bits per heavy atom. The lowest BCUT2D eigenvalue weighted by Gasteiger charge is -2.19. The fourth-order valence-corrected chi connectivity index (χ4v) is 4.62. The van der Waals surface area contributed by atoms with Gasteiger partial charge in [-0.1, -0.05) is 17.7 Å². The van der Waals surface area contributed by atoms with Crippen molar-refractivity contribution in [3.05, 3.63) is 93.5 Å². The molecule has 0 amide bonds. The minimum Gasteiger partial charge on any atom is -0.477 e. The number of nitrogens with two attached hydrogens (primary N) is 1. The number of carboxylic acid groups (broad SMARTS) is 1. The number of pyridine rings is 2. The topological polar surface area (TPSA) is 156 Å². The Morgan fingerprint density at radius 1 is 1.07 bits per heavy atom. The first-order chi connectivity index (χ1) is 18.8. The van der Waals surface area contributed by atoms with Crippen molar-refractivity contribution in [3.8, 4) is 5.69 Å². The molecular formula is C26H23F3N4O6S. The average Bonchev–Trinajstić information content (AvgIpc) is 3.30. The van der Waals surface area contributed by atoms with Crippen LogP contribution in [0.3, 0.4) is 0 Å². The van der Waals surface area contributed by atoms with Gasteiger partial charge in [-0.3, -0.25) is 13.9 Å². The number of rotatable bonds is 4. The van der Waals surface area contributed by atoms with Gasteiger partial charge < -0.3 is 15.7 Å². The van der Waals surface area contributed by atoms with Gasteiger partial charge in [-0.15, -0.1) is 0 Å². The molecule has 4 aromatic rings. The molecule has 1 saturated heterocycles. The molecule has 0 radical (unpaired) electrons. The van der Waals surface area contributed by atoms with Gasteiger partial charge in [-0.2, -0.15) is 8.42 Å². The minimum atomic E-state index is -4.02. The van der Waals surface area contributed by atoms with E-state index in [-0.39, 0.29) is 33.5 Å². The Morgan fingerprint density at radius 3 is 2.30 bits per heavy atom. The molecule has 0 saturated carbocycles. The van der Waals surface area contributed by atoms with Gasteiger partial charge in [0, 0.05) is 31.4 Å². The van der Waals surface area contributed by atoms with E-state index in [4.69, 9.17) is 10.3 Å². The number of halogens is 3. The molecule has 0 aliphatic carbocycles. The highest BCUT2D eigenvalue weighted by atomic mass is 32.2. The number of nitrogens with zero attached hydrogens (tertiary/aromatic N) is 3. The van der Waals surface area contributed by atoms with Crippen molar-refractivity contribution < 1.29 is 36.0 Å². The number of benzene rings is 2. The van der Waals surface area contributed by atoms with E-state index < -0.39 is 44.5 Å². The molecule has 0 unspecified atom stereocenters. The largest absolute Gasteiger partial charge is 0.477 e. The maximum Gasteiger partial charge on any atom is 0.341 e. The quantitative estimate of drug-likeness (QED) is 0.310. The van der Waals surface area contributed by atoms with Crippen LogP contribution >= 0.6 is 0 Å². The summed E-state index contributed by atoms with van der Waals surface area (Å²) in [7, 11) is -4.02. The molecule has 1 aliphatic rings. The van der Waals surface area contributed by atoms with Crippen LogP contribution in [0.15, 0.2) is 64.4 Å². The fraction of sp³-hybridized carbons (Fsp3) is 0.192. The van der Waals surface area contributed by atoms with Gasteiger partial charge >= 0.3 is 5.97 Å². The lowest BCUT2D eigenvalue weighted by atomic mass is 10.1. The van der Waals surface area contributed by atoms with Crippen LogP contribution in [0, 0.1) is 24.4 Å². The fourth-order valence-electron chi connectivity index (χ4n) is 4.14. The molecule has 2 aromatic heterocycles. The van der Waals surface area contributed by atoms with E-state index in [1.807, 2.05) is 6.92 Å². The van der Waals surface area contributed by atoms with Crippen LogP contribution in [0.2, 0.25) is 0 Å². The molecule has 5 rings (SSSR count). The van der Waals surface area contributed by atoms with Crippen LogP contribution in [-0.4, -0.2) is 52.7 Å². The molecule has 14 heteroatoms. The Kier molecular flexibility index (Phi) is 7.95. The smallest absolute Gasteiger partial charge is 0.341 e. The van der Waals surface area contributed by atoms with E-state index in [9.17, 15) is 36.3 Å². The summed E-state index contributed by atoms with van der Waals surface area (Å²) in [6.07, 6.45) is 1.52. The highest BCUT2D eigenvalue weighted by Gasteiger charge is 2.26. The van der Waals surface area contributed by atoms with E-state index in [0.717, 1.165) is 34.5 Å². The first-order valence-corrected chi connectivity index (χ1v) is 13.2. The van der Waals surface area contributed by atoms with Crippen LogP contribution in [0.5, 0.6) is 0 Å². The third-order valence-corrected chi connectivity index (χ3v) is 7.02. The Labute approximate surface area is 225 Å². The summed E-state index contributed by atoms with van der Waals surface area (Å²) in [6.45, 7) is 2.63. The molecule has 40 heavy (non-hydrogen) atoms. The normalized spacial score (nSPS) is 15.2. The maximum atomic E-state index is 14.7. The second-order valence-corrected chi connectivity index (χ2v) is 10.5. The van der Waals surface area contributed by atoms with Crippen molar-refractivity contribution >= 4 is 32.9 Å². The van der Waals surface area contributed by atoms with Gasteiger partial charge in [0.05, 0.1) is 16.0 Å². The van der Waals surface area contributed by atoms with Gasteiger partial charge in [0.25, 0.3) is 10.1 Å². The van der Waals surface area contributed by atoms with Crippen LogP contribution in [0.1, 0.15) is 22.3 Å². The molecule has 0 spiro atoms. The van der Waals surface area contributed by atoms with Crippen LogP contribution in [0.25, 0.3) is 16.7 Å². The van der Waals surface area contributed by atoms with Gasteiger partial charge in [0.15, 0.2) is 17.3 Å². The zero-order valence-corrected chi connectivity index (χ0v) is 21.7. The number of fused-ring (bicyclic) bond motifs is 1. The Hall–Kier alpha value is -4.27. The van der Waals surface area contributed by atoms with Crippen LogP contribution < -0.4 is 16.1 Å². The molecule has 3 heterocycles. The summed E-state index contributed by atoms with van der Waals surface area (Å²) in [5.74, 6) is -4.30. The van der Waals surface area contributed by atoms with E-state index in [1.54, 1.807) is 17.0 Å². The number of aryl methyl sites for hydroxylation is 1. The molecule has 0 bridgehead atoms.